The summed E-state index contributed by atoms with van der Waals surface area (Å²) in [6.07, 6.45) is 2.67. The Hall–Kier alpha value is 0.500. The van der Waals surface area contributed by atoms with Gasteiger partial charge < -0.3 is 11.5 Å². The Bertz CT molecular complexity index is 127. The lowest BCUT2D eigenvalue weighted by Crippen LogP contribution is -2.61. The third kappa shape index (κ3) is 1.56. The van der Waals surface area contributed by atoms with Crippen LogP contribution < -0.4 is 11.5 Å². The number of alkyl halides is 2. The van der Waals surface area contributed by atoms with Crippen LogP contribution in [0, 0.1) is 0 Å². The minimum atomic E-state index is -0.758. The van der Waals surface area contributed by atoms with Crippen molar-refractivity contribution in [2.75, 3.05) is 0 Å². The van der Waals surface area contributed by atoms with Crippen LogP contribution in [0.1, 0.15) is 19.3 Å². The van der Waals surface area contributed by atoms with Crippen LogP contribution in [0.4, 0.5) is 0 Å². The molecule has 10 heavy (non-hydrogen) atoms. The molecule has 0 aromatic rings. The van der Waals surface area contributed by atoms with E-state index in [1.807, 2.05) is 0 Å². The van der Waals surface area contributed by atoms with Gasteiger partial charge in [-0.1, -0.05) is 0 Å². The summed E-state index contributed by atoms with van der Waals surface area (Å²) in [4.78, 5) is 0. The van der Waals surface area contributed by atoms with Crippen LogP contribution in [-0.2, 0) is 0 Å². The molecule has 1 fully saturated rings. The smallest absolute Gasteiger partial charge is 0.0819 e. The second-order valence-corrected chi connectivity index (χ2v) is 3.95. The minimum Gasteiger partial charge on any atom is -0.312 e. The maximum Gasteiger partial charge on any atom is 0.0819 e. The zero-order valence-electron chi connectivity index (χ0n) is 5.69. The summed E-state index contributed by atoms with van der Waals surface area (Å²) >= 11 is 11.7. The van der Waals surface area contributed by atoms with Gasteiger partial charge in [0.15, 0.2) is 0 Å². The first-order chi connectivity index (χ1) is 4.54. The molecule has 0 heterocycles. The molecule has 2 nitrogen and oxygen atoms in total. The highest BCUT2D eigenvalue weighted by atomic mass is 35.5. The molecule has 0 aromatic carbocycles. The van der Waals surface area contributed by atoms with Gasteiger partial charge in [0.1, 0.15) is 0 Å². The fourth-order valence-electron chi connectivity index (χ4n) is 1.22. The summed E-state index contributed by atoms with van der Waals surface area (Å²) in [6, 6.07) is 0. The Labute approximate surface area is 70.8 Å². The van der Waals surface area contributed by atoms with Crippen LogP contribution in [0.5, 0.6) is 0 Å². The zero-order valence-corrected chi connectivity index (χ0v) is 7.20. The molecule has 0 radical (unpaired) electrons. The van der Waals surface area contributed by atoms with Crippen molar-refractivity contribution in [3.63, 3.8) is 0 Å². The number of rotatable bonds is 0. The Kier molecular flexibility index (Phi) is 2.46. The van der Waals surface area contributed by atoms with Gasteiger partial charge in [0.05, 0.1) is 16.4 Å². The van der Waals surface area contributed by atoms with Gasteiger partial charge in [0.25, 0.3) is 0 Å². The van der Waals surface area contributed by atoms with Crippen LogP contribution in [-0.4, -0.2) is 16.4 Å². The molecule has 1 saturated carbocycles. The standard InChI is InChI=1S/C6H12Cl2N2/c7-4-2-1-3-6(9,10)5(4)8/h4-5H,1-3,9-10H2/t4-,5?/m0/s1. The van der Waals surface area contributed by atoms with Gasteiger partial charge in [-0.2, -0.15) is 0 Å². The summed E-state index contributed by atoms with van der Waals surface area (Å²) in [5.74, 6) is 0. The maximum atomic E-state index is 5.88. The molecule has 4 N–H and O–H groups in total. The fourth-order valence-corrected chi connectivity index (χ4v) is 1.85. The quantitative estimate of drug-likeness (QED) is 0.434. The second kappa shape index (κ2) is 2.86. The van der Waals surface area contributed by atoms with Gasteiger partial charge in [-0.25, -0.2) is 0 Å². The highest BCUT2D eigenvalue weighted by Gasteiger charge is 2.37. The Morgan fingerprint density at radius 3 is 2.30 bits per heavy atom. The van der Waals surface area contributed by atoms with Crippen molar-refractivity contribution in [1.29, 1.82) is 0 Å². The average molecular weight is 183 g/mol. The van der Waals surface area contributed by atoms with Gasteiger partial charge in [-0.05, 0) is 19.3 Å². The monoisotopic (exact) mass is 182 g/mol. The predicted molar refractivity (Wildman–Crippen MR) is 44.2 cm³/mol. The van der Waals surface area contributed by atoms with E-state index in [1.165, 1.54) is 0 Å². The molecule has 0 amide bonds. The van der Waals surface area contributed by atoms with Crippen LogP contribution >= 0.6 is 23.2 Å². The summed E-state index contributed by atoms with van der Waals surface area (Å²) in [5.41, 5.74) is 10.6. The molecule has 0 saturated heterocycles. The molecule has 0 aliphatic heterocycles. The van der Waals surface area contributed by atoms with Gasteiger partial charge >= 0.3 is 0 Å². The molecular weight excluding hydrogens is 171 g/mol. The molecule has 2 atom stereocenters. The Morgan fingerprint density at radius 1 is 1.30 bits per heavy atom. The Balaban J connectivity index is 2.60. The number of nitrogens with two attached hydrogens (primary N) is 2. The van der Waals surface area contributed by atoms with Crippen LogP contribution in [0.3, 0.4) is 0 Å². The first-order valence-corrected chi connectivity index (χ1v) is 4.27. The molecule has 60 valence electrons. The SMILES string of the molecule is NC1(N)CCC[C@H](Cl)C1Cl. The number of hydrogen-bond acceptors (Lipinski definition) is 2. The lowest BCUT2D eigenvalue weighted by Gasteiger charge is -2.36. The highest BCUT2D eigenvalue weighted by Crippen LogP contribution is 2.30. The third-order valence-electron chi connectivity index (χ3n) is 1.92. The van der Waals surface area contributed by atoms with E-state index in [0.29, 0.717) is 0 Å². The summed E-state index contributed by atoms with van der Waals surface area (Å²) in [7, 11) is 0. The molecule has 1 unspecified atom stereocenters. The van der Waals surface area contributed by atoms with Crippen LogP contribution in [0.25, 0.3) is 0 Å². The predicted octanol–water partition coefficient (Wildman–Crippen LogP) is 0.999. The van der Waals surface area contributed by atoms with E-state index >= 15 is 0 Å². The van der Waals surface area contributed by atoms with E-state index in [4.69, 9.17) is 34.7 Å². The van der Waals surface area contributed by atoms with E-state index in [9.17, 15) is 0 Å². The average Bonchev–Trinajstić information content (AvgIpc) is 1.83. The van der Waals surface area contributed by atoms with Crippen molar-refractivity contribution < 1.29 is 0 Å². The van der Waals surface area contributed by atoms with E-state index in [1.54, 1.807) is 0 Å². The summed E-state index contributed by atoms with van der Waals surface area (Å²) in [5, 5.41) is -0.353. The van der Waals surface area contributed by atoms with Crippen molar-refractivity contribution in [3.05, 3.63) is 0 Å². The van der Waals surface area contributed by atoms with Crippen molar-refractivity contribution in [3.8, 4) is 0 Å². The van der Waals surface area contributed by atoms with Gasteiger partial charge in [-0.15, -0.1) is 23.2 Å². The summed E-state index contributed by atoms with van der Waals surface area (Å²) in [6.45, 7) is 0. The molecule has 0 spiro atoms. The molecule has 0 bridgehead atoms. The van der Waals surface area contributed by atoms with Crippen molar-refractivity contribution in [2.24, 2.45) is 11.5 Å². The molecule has 1 aliphatic carbocycles. The topological polar surface area (TPSA) is 52.0 Å². The van der Waals surface area contributed by atoms with Gasteiger partial charge in [0.2, 0.25) is 0 Å². The van der Waals surface area contributed by atoms with E-state index in [2.05, 4.69) is 0 Å². The highest BCUT2D eigenvalue weighted by molar-refractivity contribution is 6.30. The lowest BCUT2D eigenvalue weighted by molar-refractivity contribution is 0.317. The maximum absolute atomic E-state index is 5.88. The van der Waals surface area contributed by atoms with Crippen molar-refractivity contribution in [2.45, 2.75) is 35.7 Å². The number of hydrogen-bond donors (Lipinski definition) is 2. The third-order valence-corrected chi connectivity index (χ3v) is 3.23. The first-order valence-electron chi connectivity index (χ1n) is 3.40. The van der Waals surface area contributed by atoms with Crippen LogP contribution in [0.15, 0.2) is 0 Å². The normalized spacial score (nSPS) is 39.6. The molecule has 4 heteroatoms. The van der Waals surface area contributed by atoms with Crippen molar-refractivity contribution >= 4 is 23.2 Å². The van der Waals surface area contributed by atoms with Gasteiger partial charge in [0, 0.05) is 0 Å². The molecule has 1 aliphatic rings. The largest absolute Gasteiger partial charge is 0.312 e. The van der Waals surface area contributed by atoms with Gasteiger partial charge in [-0.3, -0.25) is 0 Å². The molecular formula is C6H12Cl2N2. The van der Waals surface area contributed by atoms with E-state index in [0.717, 1.165) is 19.3 Å². The molecule has 1 rings (SSSR count). The molecule has 0 aromatic heterocycles. The first kappa shape index (κ1) is 8.60. The Morgan fingerprint density at radius 2 is 1.90 bits per heavy atom. The minimum absolute atomic E-state index is 0.0644. The van der Waals surface area contributed by atoms with Crippen molar-refractivity contribution in [1.82, 2.24) is 0 Å². The second-order valence-electron chi connectivity index (χ2n) is 2.92. The summed E-state index contributed by atoms with van der Waals surface area (Å²) < 4.78 is 0. The number of halogens is 2. The van der Waals surface area contributed by atoms with E-state index < -0.39 is 5.66 Å². The lowest BCUT2D eigenvalue weighted by atomic mass is 9.90. The zero-order chi connectivity index (χ0) is 7.78. The van der Waals surface area contributed by atoms with E-state index in [-0.39, 0.29) is 10.8 Å². The van der Waals surface area contributed by atoms with Crippen LogP contribution in [0.2, 0.25) is 0 Å². The fraction of sp³-hybridized carbons (Fsp3) is 1.00.